The quantitative estimate of drug-likeness (QED) is 0.541. The van der Waals surface area contributed by atoms with E-state index in [-0.39, 0.29) is 11.3 Å². The van der Waals surface area contributed by atoms with Crippen molar-refractivity contribution in [1.29, 1.82) is 5.26 Å². The lowest BCUT2D eigenvalue weighted by Crippen LogP contribution is -1.93. The minimum atomic E-state index is -0.598. The molecule has 0 aliphatic rings. The summed E-state index contributed by atoms with van der Waals surface area (Å²) in [4.78, 5) is 0. The lowest BCUT2D eigenvalue weighted by molar-refractivity contribution is 0.632. The van der Waals surface area contributed by atoms with Gasteiger partial charge in [0.1, 0.15) is 11.9 Å². The van der Waals surface area contributed by atoms with Crippen LogP contribution in [0.1, 0.15) is 5.56 Å². The van der Waals surface area contributed by atoms with Crippen LogP contribution in [-0.2, 0) is 0 Å². The van der Waals surface area contributed by atoms with Gasteiger partial charge in [0.2, 0.25) is 0 Å². The number of rotatable bonds is 0. The molecule has 0 unspecified atom stereocenters. The number of hydrogen-bond donors (Lipinski definition) is 1. The summed E-state index contributed by atoms with van der Waals surface area (Å²) in [5.74, 6) is -0.598. The van der Waals surface area contributed by atoms with E-state index < -0.39 is 5.82 Å². The molecule has 1 aromatic carbocycles. The lowest BCUT2D eigenvalue weighted by Gasteiger charge is -1.94. The fourth-order valence-electron chi connectivity index (χ4n) is 0.575. The lowest BCUT2D eigenvalue weighted by atomic mass is 10.2. The Kier molecular flexibility index (Phi) is 1.55. The van der Waals surface area contributed by atoms with Gasteiger partial charge in [0, 0.05) is 0 Å². The first kappa shape index (κ1) is 6.56. The SMILES string of the molecule is N#Cc1c[c]cc(F)c1N. The van der Waals surface area contributed by atoms with Crippen LogP contribution in [0.3, 0.4) is 0 Å². The highest BCUT2D eigenvalue weighted by Crippen LogP contribution is 2.13. The molecule has 0 saturated heterocycles. The molecular formula is C7H4FN2. The van der Waals surface area contributed by atoms with Gasteiger partial charge < -0.3 is 5.73 Å². The summed E-state index contributed by atoms with van der Waals surface area (Å²) in [7, 11) is 0. The maximum absolute atomic E-state index is 12.5. The molecule has 49 valence electrons. The highest BCUT2D eigenvalue weighted by molar-refractivity contribution is 5.54. The van der Waals surface area contributed by atoms with Crippen LogP contribution in [0.5, 0.6) is 0 Å². The zero-order chi connectivity index (χ0) is 7.56. The minimum Gasteiger partial charge on any atom is -0.395 e. The molecule has 2 N–H and O–H groups in total. The van der Waals surface area contributed by atoms with Gasteiger partial charge in [-0.15, -0.1) is 0 Å². The molecule has 0 spiro atoms. The average molecular weight is 135 g/mol. The van der Waals surface area contributed by atoms with Crippen molar-refractivity contribution in [2.24, 2.45) is 0 Å². The number of hydrogen-bond acceptors (Lipinski definition) is 2. The van der Waals surface area contributed by atoms with E-state index in [4.69, 9.17) is 11.0 Å². The van der Waals surface area contributed by atoms with Crippen LogP contribution in [0.2, 0.25) is 0 Å². The first-order valence-corrected chi connectivity index (χ1v) is 2.61. The van der Waals surface area contributed by atoms with Crippen LogP contribution in [0.25, 0.3) is 0 Å². The van der Waals surface area contributed by atoms with Gasteiger partial charge in [-0.25, -0.2) is 4.39 Å². The second-order valence-corrected chi connectivity index (χ2v) is 1.74. The highest BCUT2D eigenvalue weighted by atomic mass is 19.1. The van der Waals surface area contributed by atoms with E-state index in [1.165, 1.54) is 6.07 Å². The van der Waals surface area contributed by atoms with Crippen molar-refractivity contribution in [3.63, 3.8) is 0 Å². The van der Waals surface area contributed by atoms with Crippen LogP contribution in [0.4, 0.5) is 10.1 Å². The molecule has 0 aliphatic carbocycles. The van der Waals surface area contributed by atoms with E-state index in [0.29, 0.717) is 0 Å². The second-order valence-electron chi connectivity index (χ2n) is 1.74. The smallest absolute Gasteiger partial charge is 0.148 e. The van der Waals surface area contributed by atoms with E-state index in [0.717, 1.165) is 6.07 Å². The number of benzene rings is 1. The van der Waals surface area contributed by atoms with Crippen LogP contribution in [-0.4, -0.2) is 0 Å². The fraction of sp³-hybridized carbons (Fsp3) is 0. The molecule has 0 saturated carbocycles. The first-order chi connectivity index (χ1) is 4.75. The summed E-state index contributed by atoms with van der Waals surface area (Å²) in [6.07, 6.45) is 0. The molecule has 1 aromatic rings. The van der Waals surface area contributed by atoms with Gasteiger partial charge in [-0.2, -0.15) is 5.26 Å². The molecule has 1 rings (SSSR count). The third-order valence-corrected chi connectivity index (χ3v) is 1.11. The topological polar surface area (TPSA) is 49.8 Å². The third kappa shape index (κ3) is 0.914. The summed E-state index contributed by atoms with van der Waals surface area (Å²) >= 11 is 0. The van der Waals surface area contributed by atoms with E-state index in [2.05, 4.69) is 6.07 Å². The monoisotopic (exact) mass is 135 g/mol. The van der Waals surface area contributed by atoms with E-state index in [1.807, 2.05) is 0 Å². The van der Waals surface area contributed by atoms with Gasteiger partial charge in [-0.05, 0) is 18.2 Å². The molecule has 0 fully saturated rings. The van der Waals surface area contributed by atoms with E-state index in [1.54, 1.807) is 6.07 Å². The molecule has 0 heterocycles. The Labute approximate surface area is 57.7 Å². The van der Waals surface area contributed by atoms with Gasteiger partial charge in [-0.3, -0.25) is 0 Å². The number of halogens is 1. The van der Waals surface area contributed by atoms with Crippen LogP contribution < -0.4 is 5.73 Å². The fourth-order valence-corrected chi connectivity index (χ4v) is 0.575. The predicted octanol–water partition coefficient (Wildman–Crippen LogP) is 1.08. The molecule has 0 atom stereocenters. The second kappa shape index (κ2) is 2.36. The van der Waals surface area contributed by atoms with Crippen LogP contribution >= 0.6 is 0 Å². The number of nitrogens with zero attached hydrogens (tertiary/aromatic N) is 1. The Balaban J connectivity index is 3.31. The normalized spacial score (nSPS) is 8.80. The Bertz CT molecular complexity index is 288. The molecule has 0 aromatic heterocycles. The van der Waals surface area contributed by atoms with Gasteiger partial charge >= 0.3 is 0 Å². The maximum atomic E-state index is 12.5. The Morgan fingerprint density at radius 1 is 1.60 bits per heavy atom. The average Bonchev–Trinajstić information content (AvgIpc) is 1.95. The number of nitrogen functional groups attached to an aromatic ring is 1. The number of nitrogens with two attached hydrogens (primary N) is 1. The highest BCUT2D eigenvalue weighted by Gasteiger charge is 2.01. The molecule has 1 radical (unpaired) electrons. The summed E-state index contributed by atoms with van der Waals surface area (Å²) in [5.41, 5.74) is 5.19. The molecular weight excluding hydrogens is 131 g/mol. The van der Waals surface area contributed by atoms with Crippen molar-refractivity contribution in [1.82, 2.24) is 0 Å². The summed E-state index contributed by atoms with van der Waals surface area (Å²) in [5, 5.41) is 8.33. The molecule has 10 heavy (non-hydrogen) atoms. The standard InChI is InChI=1S/C7H4FN2/c8-6-3-1-2-5(4-9)7(6)10/h2-3H,10H2. The van der Waals surface area contributed by atoms with Crippen molar-refractivity contribution < 1.29 is 4.39 Å². The van der Waals surface area contributed by atoms with Crippen LogP contribution in [0.15, 0.2) is 12.1 Å². The van der Waals surface area contributed by atoms with Gasteiger partial charge in [0.05, 0.1) is 11.3 Å². The molecule has 0 aliphatic heterocycles. The van der Waals surface area contributed by atoms with Gasteiger partial charge in [0.25, 0.3) is 0 Å². The summed E-state index contributed by atoms with van der Waals surface area (Å²) < 4.78 is 12.5. The van der Waals surface area contributed by atoms with Crippen molar-refractivity contribution in [3.05, 3.63) is 29.6 Å². The Hall–Kier alpha value is -1.56. The zero-order valence-electron chi connectivity index (χ0n) is 5.06. The molecule has 0 bridgehead atoms. The zero-order valence-corrected chi connectivity index (χ0v) is 5.06. The largest absolute Gasteiger partial charge is 0.395 e. The van der Waals surface area contributed by atoms with Crippen molar-refractivity contribution in [2.45, 2.75) is 0 Å². The Morgan fingerprint density at radius 2 is 2.30 bits per heavy atom. The molecule has 3 heteroatoms. The van der Waals surface area contributed by atoms with Crippen LogP contribution in [0, 0.1) is 23.2 Å². The van der Waals surface area contributed by atoms with Crippen molar-refractivity contribution in [2.75, 3.05) is 5.73 Å². The predicted molar refractivity (Wildman–Crippen MR) is 34.4 cm³/mol. The first-order valence-electron chi connectivity index (χ1n) is 2.61. The number of nitriles is 1. The summed E-state index contributed by atoms with van der Waals surface area (Å²) in [6, 6.07) is 6.62. The third-order valence-electron chi connectivity index (χ3n) is 1.11. The van der Waals surface area contributed by atoms with Gasteiger partial charge in [-0.1, -0.05) is 0 Å². The van der Waals surface area contributed by atoms with Gasteiger partial charge in [0.15, 0.2) is 0 Å². The molecule has 0 amide bonds. The Morgan fingerprint density at radius 3 is 2.80 bits per heavy atom. The number of anilines is 1. The minimum absolute atomic E-state index is 0.110. The van der Waals surface area contributed by atoms with E-state index in [9.17, 15) is 4.39 Å². The van der Waals surface area contributed by atoms with E-state index >= 15 is 0 Å². The van der Waals surface area contributed by atoms with Crippen molar-refractivity contribution in [3.8, 4) is 6.07 Å². The summed E-state index contributed by atoms with van der Waals surface area (Å²) in [6.45, 7) is 0. The van der Waals surface area contributed by atoms with Crippen molar-refractivity contribution >= 4 is 5.69 Å². The molecule has 2 nitrogen and oxygen atoms in total. The maximum Gasteiger partial charge on any atom is 0.148 e.